The molecule has 0 aliphatic rings. The van der Waals surface area contributed by atoms with Crippen LogP contribution in [0.25, 0.3) is 0 Å². The van der Waals surface area contributed by atoms with Crippen molar-refractivity contribution in [3.8, 4) is 0 Å². The van der Waals surface area contributed by atoms with Crippen LogP contribution in [0.15, 0.2) is 42.5 Å². The van der Waals surface area contributed by atoms with Gasteiger partial charge in [0.25, 0.3) is 0 Å². The highest BCUT2D eigenvalue weighted by Crippen LogP contribution is 2.39. The molecule has 1 amide bonds. The van der Waals surface area contributed by atoms with Crippen molar-refractivity contribution in [1.82, 2.24) is 0 Å². The molecule has 2 rings (SSSR count). The zero-order valence-corrected chi connectivity index (χ0v) is 17.9. The molecular weight excluding hydrogens is 388 g/mol. The lowest BCUT2D eigenvalue weighted by molar-refractivity contribution is -0.119. The minimum atomic E-state index is -1.01. The molecule has 2 atom stereocenters. The number of benzene rings is 2. The molecule has 2 aromatic rings. The van der Waals surface area contributed by atoms with Crippen molar-refractivity contribution in [2.45, 2.75) is 45.4 Å². The number of carbonyl (C=O) groups excluding carboxylic acids is 1. The lowest BCUT2D eigenvalue weighted by Crippen LogP contribution is -2.29. The topological polar surface area (TPSA) is 83.6 Å². The molecule has 2 aromatic carbocycles. The predicted octanol–water partition coefficient (Wildman–Crippen LogP) is 5.04. The molecule has 6 heteroatoms. The van der Waals surface area contributed by atoms with E-state index in [4.69, 9.17) is 22.4 Å². The fourth-order valence-corrected chi connectivity index (χ4v) is 3.96. The van der Waals surface area contributed by atoms with Crippen molar-refractivity contribution >= 4 is 29.2 Å². The number of hydrogen-bond donors (Lipinski definition) is 2. The van der Waals surface area contributed by atoms with Gasteiger partial charge in [0.2, 0.25) is 5.91 Å². The van der Waals surface area contributed by atoms with Crippen molar-refractivity contribution in [1.29, 1.82) is 0 Å². The van der Waals surface area contributed by atoms with Gasteiger partial charge in [-0.2, -0.15) is 0 Å². The van der Waals surface area contributed by atoms with Gasteiger partial charge in [-0.1, -0.05) is 44.5 Å². The number of carbonyl (C=O) groups is 2. The van der Waals surface area contributed by atoms with Crippen LogP contribution in [-0.2, 0) is 4.79 Å². The lowest BCUT2D eigenvalue weighted by atomic mass is 9.81. The first-order chi connectivity index (χ1) is 13.8. The molecular formula is C23H29ClN2O3. The van der Waals surface area contributed by atoms with Crippen molar-refractivity contribution in [3.63, 3.8) is 0 Å². The predicted molar refractivity (Wildman–Crippen MR) is 118 cm³/mol. The van der Waals surface area contributed by atoms with E-state index in [1.54, 1.807) is 12.1 Å². The van der Waals surface area contributed by atoms with Crippen molar-refractivity contribution < 1.29 is 14.7 Å². The Balaban J connectivity index is 2.51. The second-order valence-electron chi connectivity index (χ2n) is 7.29. The summed E-state index contributed by atoms with van der Waals surface area (Å²) >= 11 is 6.31. The fraction of sp³-hybridized carbons (Fsp3) is 0.391. The molecule has 0 aliphatic heterocycles. The molecule has 5 nitrogen and oxygen atoms in total. The van der Waals surface area contributed by atoms with Crippen LogP contribution in [0.5, 0.6) is 0 Å². The first-order valence-corrected chi connectivity index (χ1v) is 10.3. The molecule has 0 fully saturated rings. The monoisotopic (exact) mass is 416 g/mol. The molecule has 156 valence electrons. The van der Waals surface area contributed by atoms with Gasteiger partial charge in [-0.05, 0) is 60.2 Å². The highest BCUT2D eigenvalue weighted by molar-refractivity contribution is 6.30. The maximum absolute atomic E-state index is 12.4. The van der Waals surface area contributed by atoms with Crippen LogP contribution >= 0.6 is 11.6 Å². The van der Waals surface area contributed by atoms with E-state index in [1.165, 1.54) is 12.1 Å². The van der Waals surface area contributed by atoms with Gasteiger partial charge in [0.05, 0.1) is 11.5 Å². The molecule has 0 spiro atoms. The standard InChI is InChI=1S/C23H29ClN2O3/c1-4-12-26(13-5-2)20-11-10-18(24)14-19(20)15(3)21(22(25)27)16-6-8-17(9-7-16)23(28)29/h6-11,14-15,21H,4-5,12-13H2,1-3H3,(H2,25,27)(H,28,29). The summed E-state index contributed by atoms with van der Waals surface area (Å²) in [5.41, 5.74) is 8.67. The zero-order chi connectivity index (χ0) is 21.6. The Morgan fingerprint density at radius 3 is 2.14 bits per heavy atom. The number of carboxylic acid groups (broad SMARTS) is 1. The Morgan fingerprint density at radius 1 is 1.07 bits per heavy atom. The third kappa shape index (κ3) is 5.51. The highest BCUT2D eigenvalue weighted by atomic mass is 35.5. The Bertz CT molecular complexity index is 846. The van der Waals surface area contributed by atoms with Crippen LogP contribution in [0.1, 0.15) is 66.9 Å². The quantitative estimate of drug-likeness (QED) is 0.568. The smallest absolute Gasteiger partial charge is 0.335 e. The summed E-state index contributed by atoms with van der Waals surface area (Å²) in [6, 6.07) is 12.1. The van der Waals surface area contributed by atoms with Crippen LogP contribution in [0.4, 0.5) is 5.69 Å². The number of amides is 1. The van der Waals surface area contributed by atoms with Gasteiger partial charge in [0.15, 0.2) is 0 Å². The third-order valence-corrected chi connectivity index (χ3v) is 5.37. The summed E-state index contributed by atoms with van der Waals surface area (Å²) in [6.45, 7) is 8.05. The maximum Gasteiger partial charge on any atom is 0.335 e. The summed E-state index contributed by atoms with van der Waals surface area (Å²) in [5.74, 6) is -2.29. The third-order valence-electron chi connectivity index (χ3n) is 5.13. The van der Waals surface area contributed by atoms with Crippen LogP contribution in [0.2, 0.25) is 5.02 Å². The highest BCUT2D eigenvalue weighted by Gasteiger charge is 2.29. The van der Waals surface area contributed by atoms with E-state index in [1.807, 2.05) is 25.1 Å². The number of carboxylic acids is 1. The van der Waals surface area contributed by atoms with E-state index in [0.29, 0.717) is 10.6 Å². The van der Waals surface area contributed by atoms with Crippen molar-refractivity contribution in [2.24, 2.45) is 5.73 Å². The van der Waals surface area contributed by atoms with Gasteiger partial charge < -0.3 is 15.7 Å². The second kappa shape index (κ2) is 10.3. The van der Waals surface area contributed by atoms with E-state index in [2.05, 4.69) is 18.7 Å². The first kappa shape index (κ1) is 22.8. The second-order valence-corrected chi connectivity index (χ2v) is 7.72. The molecule has 0 saturated heterocycles. The summed E-state index contributed by atoms with van der Waals surface area (Å²) in [6.07, 6.45) is 2.01. The molecule has 0 radical (unpaired) electrons. The summed E-state index contributed by atoms with van der Waals surface area (Å²) in [5, 5.41) is 9.73. The minimum absolute atomic E-state index is 0.171. The SMILES string of the molecule is CCCN(CCC)c1ccc(Cl)cc1C(C)C(C(N)=O)c1ccc(C(=O)O)cc1. The molecule has 0 saturated carbocycles. The van der Waals surface area contributed by atoms with E-state index in [-0.39, 0.29) is 11.5 Å². The normalized spacial score (nSPS) is 13.0. The van der Waals surface area contributed by atoms with E-state index in [9.17, 15) is 9.59 Å². The van der Waals surface area contributed by atoms with Gasteiger partial charge in [-0.15, -0.1) is 0 Å². The number of primary amides is 1. The Morgan fingerprint density at radius 2 is 1.66 bits per heavy atom. The summed E-state index contributed by atoms with van der Waals surface area (Å²) in [7, 11) is 0. The van der Waals surface area contributed by atoms with Crippen LogP contribution in [-0.4, -0.2) is 30.1 Å². The number of aromatic carboxylic acids is 1. The number of anilines is 1. The Kier molecular flexibility index (Phi) is 8.09. The van der Waals surface area contributed by atoms with Gasteiger partial charge >= 0.3 is 5.97 Å². The number of halogens is 1. The molecule has 0 heterocycles. The Labute approximate surface area is 177 Å². The average Bonchev–Trinajstić information content (AvgIpc) is 2.68. The number of nitrogens with zero attached hydrogens (tertiary/aromatic N) is 1. The first-order valence-electron chi connectivity index (χ1n) is 9.97. The van der Waals surface area contributed by atoms with Crippen LogP contribution in [0.3, 0.4) is 0 Å². The molecule has 0 aromatic heterocycles. The Hall–Kier alpha value is -2.53. The molecule has 0 aliphatic carbocycles. The lowest BCUT2D eigenvalue weighted by Gasteiger charge is -2.31. The van der Waals surface area contributed by atoms with E-state index < -0.39 is 17.8 Å². The molecule has 2 unspecified atom stereocenters. The van der Waals surface area contributed by atoms with Gasteiger partial charge in [-0.3, -0.25) is 4.79 Å². The summed E-state index contributed by atoms with van der Waals surface area (Å²) < 4.78 is 0. The molecule has 0 bridgehead atoms. The van der Waals surface area contributed by atoms with E-state index >= 15 is 0 Å². The zero-order valence-electron chi connectivity index (χ0n) is 17.2. The number of rotatable bonds is 10. The fourth-order valence-electron chi connectivity index (χ4n) is 3.78. The van der Waals surface area contributed by atoms with Crippen LogP contribution in [0, 0.1) is 0 Å². The average molecular weight is 417 g/mol. The molecule has 29 heavy (non-hydrogen) atoms. The van der Waals surface area contributed by atoms with Crippen LogP contribution < -0.4 is 10.6 Å². The molecule has 3 N–H and O–H groups in total. The van der Waals surface area contributed by atoms with Crippen molar-refractivity contribution in [3.05, 3.63) is 64.2 Å². The number of hydrogen-bond acceptors (Lipinski definition) is 3. The minimum Gasteiger partial charge on any atom is -0.478 e. The van der Waals surface area contributed by atoms with E-state index in [0.717, 1.165) is 37.2 Å². The van der Waals surface area contributed by atoms with Gasteiger partial charge in [0.1, 0.15) is 0 Å². The summed E-state index contributed by atoms with van der Waals surface area (Å²) in [4.78, 5) is 25.9. The van der Waals surface area contributed by atoms with Gasteiger partial charge in [-0.25, -0.2) is 4.79 Å². The maximum atomic E-state index is 12.4. The number of nitrogens with two attached hydrogens (primary N) is 1. The van der Waals surface area contributed by atoms with Gasteiger partial charge in [0, 0.05) is 23.8 Å². The van der Waals surface area contributed by atoms with Crippen molar-refractivity contribution in [2.75, 3.05) is 18.0 Å². The largest absolute Gasteiger partial charge is 0.478 e.